The molecule has 0 unspecified atom stereocenters. The Morgan fingerprint density at radius 2 is 1.25 bits per heavy atom. The van der Waals surface area contributed by atoms with Gasteiger partial charge in [0.05, 0.1) is 34.5 Å². The van der Waals surface area contributed by atoms with Gasteiger partial charge in [-0.05, 0) is 38.1 Å². The van der Waals surface area contributed by atoms with Crippen LogP contribution in [0.15, 0.2) is 63.4 Å². The molecule has 9 nitrogen and oxygen atoms in total. The van der Waals surface area contributed by atoms with E-state index in [0.717, 1.165) is 11.1 Å². The molecule has 2 aromatic rings. The van der Waals surface area contributed by atoms with Crippen molar-refractivity contribution in [2.75, 3.05) is 26.2 Å². The summed E-state index contributed by atoms with van der Waals surface area (Å²) in [7, 11) is -7.21. The summed E-state index contributed by atoms with van der Waals surface area (Å²) in [4.78, 5) is 12.7. The van der Waals surface area contributed by atoms with E-state index in [0.29, 0.717) is 5.71 Å². The van der Waals surface area contributed by atoms with Gasteiger partial charge in [0.15, 0.2) is 0 Å². The normalized spacial score (nSPS) is 18.0. The second kappa shape index (κ2) is 8.39. The van der Waals surface area contributed by atoms with Crippen LogP contribution in [0.5, 0.6) is 0 Å². The van der Waals surface area contributed by atoms with E-state index in [1.165, 1.54) is 8.61 Å². The Balaban J connectivity index is 1.27. The summed E-state index contributed by atoms with van der Waals surface area (Å²) in [5, 5.41) is 4.00. The minimum absolute atomic E-state index is 0.0842. The number of hydrogen-bond donors (Lipinski definition) is 1. The Hall–Kier alpha value is -2.60. The average molecular weight is 477 g/mol. The number of carbonyl (C=O) groups is 1. The fourth-order valence-corrected chi connectivity index (χ4v) is 6.29. The van der Waals surface area contributed by atoms with Crippen LogP contribution < -0.4 is 5.43 Å². The molecule has 2 fully saturated rings. The Bertz CT molecular complexity index is 1260. The van der Waals surface area contributed by atoms with Gasteiger partial charge in [-0.1, -0.05) is 35.4 Å². The van der Waals surface area contributed by atoms with Gasteiger partial charge in [-0.2, -0.15) is 13.7 Å². The van der Waals surface area contributed by atoms with E-state index in [2.05, 4.69) is 10.5 Å². The van der Waals surface area contributed by atoms with Crippen molar-refractivity contribution in [3.05, 3.63) is 59.7 Å². The van der Waals surface area contributed by atoms with Crippen LogP contribution in [-0.2, 0) is 24.8 Å². The maximum Gasteiger partial charge on any atom is 0.245 e. The van der Waals surface area contributed by atoms with Crippen LogP contribution in [0.4, 0.5) is 0 Å². The molecule has 0 spiro atoms. The van der Waals surface area contributed by atoms with Crippen LogP contribution in [0.3, 0.4) is 0 Å². The van der Waals surface area contributed by atoms with Crippen LogP contribution in [-0.4, -0.2) is 63.2 Å². The summed E-state index contributed by atoms with van der Waals surface area (Å²) in [6.45, 7) is 4.14. The molecule has 0 aromatic heterocycles. The van der Waals surface area contributed by atoms with Crippen molar-refractivity contribution in [3.8, 4) is 0 Å². The molecule has 11 heteroatoms. The molecule has 4 rings (SSSR count). The van der Waals surface area contributed by atoms with E-state index in [-0.39, 0.29) is 41.9 Å². The maximum absolute atomic E-state index is 12.6. The first-order chi connectivity index (χ1) is 15.1. The van der Waals surface area contributed by atoms with Crippen LogP contribution >= 0.6 is 0 Å². The number of sulfonamides is 2. The third-order valence-corrected chi connectivity index (χ3v) is 9.23. The number of amides is 1. The molecular formula is C21H24N4O5S2. The van der Waals surface area contributed by atoms with E-state index in [1.54, 1.807) is 48.5 Å². The number of benzene rings is 2. The fourth-order valence-electron chi connectivity index (χ4n) is 3.35. The van der Waals surface area contributed by atoms with Gasteiger partial charge < -0.3 is 0 Å². The highest BCUT2D eigenvalue weighted by Crippen LogP contribution is 2.26. The zero-order valence-electron chi connectivity index (χ0n) is 17.7. The van der Waals surface area contributed by atoms with Crippen molar-refractivity contribution >= 4 is 31.7 Å². The molecule has 2 aliphatic heterocycles. The number of nitrogens with one attached hydrogen (secondary N) is 1. The molecule has 0 saturated carbocycles. The summed E-state index contributed by atoms with van der Waals surface area (Å²) >= 11 is 0. The predicted molar refractivity (Wildman–Crippen MR) is 119 cm³/mol. The van der Waals surface area contributed by atoms with Gasteiger partial charge in [-0.3, -0.25) is 4.79 Å². The van der Waals surface area contributed by atoms with E-state index in [4.69, 9.17) is 0 Å². The highest BCUT2D eigenvalue weighted by molar-refractivity contribution is 7.89. The summed E-state index contributed by atoms with van der Waals surface area (Å²) in [6.07, 6.45) is 0. The fraction of sp³-hybridized carbons (Fsp3) is 0.333. The molecule has 2 aromatic carbocycles. The van der Waals surface area contributed by atoms with Crippen LogP contribution in [0.25, 0.3) is 0 Å². The maximum atomic E-state index is 12.6. The van der Waals surface area contributed by atoms with Gasteiger partial charge in [-0.25, -0.2) is 22.3 Å². The molecule has 2 saturated heterocycles. The molecule has 32 heavy (non-hydrogen) atoms. The van der Waals surface area contributed by atoms with Crippen molar-refractivity contribution in [2.45, 2.75) is 23.6 Å². The van der Waals surface area contributed by atoms with E-state index < -0.39 is 26.0 Å². The minimum Gasteiger partial charge on any atom is -0.273 e. The second-order valence-electron chi connectivity index (χ2n) is 8.07. The van der Waals surface area contributed by atoms with Gasteiger partial charge in [0.1, 0.15) is 0 Å². The van der Waals surface area contributed by atoms with E-state index in [9.17, 15) is 21.6 Å². The van der Waals surface area contributed by atoms with Crippen LogP contribution in [0, 0.1) is 19.8 Å². The number of carbonyl (C=O) groups excluding carboxylic acids is 1. The summed E-state index contributed by atoms with van der Waals surface area (Å²) in [6, 6.07) is 13.2. The third kappa shape index (κ3) is 4.33. The Morgan fingerprint density at radius 3 is 1.72 bits per heavy atom. The highest BCUT2D eigenvalue weighted by Gasteiger charge is 2.41. The molecule has 0 atom stereocenters. The standard InChI is InChI=1S/C21H24N4O5S2/c1-15-3-7-19(8-4-15)31(27,28)24-11-17(12-24)21(26)23-22-18-13-25(14-18)32(29,30)20-9-5-16(2)6-10-20/h3-10,17H,11-14H2,1-2H3,(H,23,26). The first-order valence-electron chi connectivity index (χ1n) is 10.1. The Morgan fingerprint density at radius 1 is 0.812 bits per heavy atom. The number of rotatable bonds is 6. The SMILES string of the molecule is Cc1ccc(S(=O)(=O)N2CC(=NNC(=O)C3CN(S(=O)(=O)c4ccc(C)cc4)C3)C2)cc1. The zero-order chi connectivity index (χ0) is 23.1. The molecule has 170 valence electrons. The quantitative estimate of drug-likeness (QED) is 0.627. The Labute approximate surface area is 187 Å². The largest absolute Gasteiger partial charge is 0.273 e. The van der Waals surface area contributed by atoms with Gasteiger partial charge in [-0.15, -0.1) is 0 Å². The van der Waals surface area contributed by atoms with Crippen LogP contribution in [0.2, 0.25) is 0 Å². The lowest BCUT2D eigenvalue weighted by Crippen LogP contribution is -2.55. The lowest BCUT2D eigenvalue weighted by atomic mass is 10.0. The van der Waals surface area contributed by atoms with Crippen molar-refractivity contribution < 1.29 is 21.6 Å². The van der Waals surface area contributed by atoms with Crippen molar-refractivity contribution in [3.63, 3.8) is 0 Å². The van der Waals surface area contributed by atoms with E-state index in [1.807, 2.05) is 13.8 Å². The predicted octanol–water partition coefficient (Wildman–Crippen LogP) is 1.10. The van der Waals surface area contributed by atoms with Crippen LogP contribution in [0.1, 0.15) is 11.1 Å². The molecule has 2 aliphatic rings. The Kier molecular flexibility index (Phi) is 5.93. The number of hydrazone groups is 1. The highest BCUT2D eigenvalue weighted by atomic mass is 32.2. The lowest BCUT2D eigenvalue weighted by molar-refractivity contribution is -0.128. The van der Waals surface area contributed by atoms with Gasteiger partial charge in [0, 0.05) is 13.1 Å². The molecule has 0 radical (unpaired) electrons. The first kappa shape index (κ1) is 22.6. The summed E-state index contributed by atoms with van der Waals surface area (Å²) in [5.41, 5.74) is 4.90. The summed E-state index contributed by atoms with van der Waals surface area (Å²) in [5.74, 6) is -0.875. The number of aryl methyl sites for hydroxylation is 2. The van der Waals surface area contributed by atoms with E-state index >= 15 is 0 Å². The smallest absolute Gasteiger partial charge is 0.245 e. The molecule has 0 bridgehead atoms. The first-order valence-corrected chi connectivity index (χ1v) is 12.9. The van der Waals surface area contributed by atoms with Crippen molar-refractivity contribution in [2.24, 2.45) is 11.0 Å². The lowest BCUT2D eigenvalue weighted by Gasteiger charge is -2.36. The average Bonchev–Trinajstić information content (AvgIpc) is 2.66. The van der Waals surface area contributed by atoms with Gasteiger partial charge in [0.2, 0.25) is 26.0 Å². The van der Waals surface area contributed by atoms with Gasteiger partial charge >= 0.3 is 0 Å². The number of nitrogens with zero attached hydrogens (tertiary/aromatic N) is 3. The molecule has 1 N–H and O–H groups in total. The topological polar surface area (TPSA) is 116 Å². The van der Waals surface area contributed by atoms with Crippen molar-refractivity contribution in [1.82, 2.24) is 14.0 Å². The molecular weight excluding hydrogens is 452 g/mol. The monoisotopic (exact) mass is 476 g/mol. The summed E-state index contributed by atoms with van der Waals surface area (Å²) < 4.78 is 52.8. The number of hydrogen-bond acceptors (Lipinski definition) is 6. The minimum atomic E-state index is -3.62. The molecule has 1 amide bonds. The van der Waals surface area contributed by atoms with Gasteiger partial charge in [0.25, 0.3) is 0 Å². The molecule has 0 aliphatic carbocycles. The zero-order valence-corrected chi connectivity index (χ0v) is 19.4. The third-order valence-electron chi connectivity index (χ3n) is 5.58. The molecule has 2 heterocycles. The van der Waals surface area contributed by atoms with Crippen molar-refractivity contribution in [1.29, 1.82) is 0 Å². The second-order valence-corrected chi connectivity index (χ2v) is 11.9.